The summed E-state index contributed by atoms with van der Waals surface area (Å²) in [5, 5.41) is 12.9. The maximum absolute atomic E-state index is 13.6. The van der Waals surface area contributed by atoms with Crippen molar-refractivity contribution in [3.05, 3.63) is 23.5 Å². The number of hydrogen-bond acceptors (Lipinski definition) is 8. The lowest BCUT2D eigenvalue weighted by molar-refractivity contribution is -0.141. The van der Waals surface area contributed by atoms with Gasteiger partial charge in [0.2, 0.25) is 5.91 Å². The molecule has 6 heterocycles. The van der Waals surface area contributed by atoms with Crippen molar-refractivity contribution < 1.29 is 9.59 Å². The molecule has 4 saturated heterocycles. The van der Waals surface area contributed by atoms with E-state index in [-0.39, 0.29) is 30.2 Å². The Bertz CT molecular complexity index is 1150. The lowest BCUT2D eigenvalue weighted by Gasteiger charge is -2.36. The maximum atomic E-state index is 13.6. The van der Waals surface area contributed by atoms with Crippen LogP contribution < -0.4 is 21.0 Å². The molecule has 4 fully saturated rings. The lowest BCUT2D eigenvalue weighted by Crippen LogP contribution is -2.60. The van der Waals surface area contributed by atoms with Gasteiger partial charge in [-0.1, -0.05) is 6.92 Å². The van der Waals surface area contributed by atoms with Gasteiger partial charge in [-0.25, -0.2) is 19.9 Å². The number of amides is 2. The van der Waals surface area contributed by atoms with Crippen LogP contribution in [-0.4, -0.2) is 74.5 Å². The molecule has 4 aliphatic heterocycles. The van der Waals surface area contributed by atoms with Crippen LogP contribution in [0.25, 0.3) is 5.65 Å². The summed E-state index contributed by atoms with van der Waals surface area (Å²) in [7, 11) is 0. The summed E-state index contributed by atoms with van der Waals surface area (Å²) in [6, 6.07) is 1.99. The van der Waals surface area contributed by atoms with Crippen molar-refractivity contribution in [3.63, 3.8) is 0 Å². The molecular weight excluding hydrogens is 446 g/mol. The van der Waals surface area contributed by atoms with Gasteiger partial charge in [0.25, 0.3) is 5.91 Å². The van der Waals surface area contributed by atoms with E-state index in [1.807, 2.05) is 22.4 Å². The molecule has 0 aliphatic carbocycles. The van der Waals surface area contributed by atoms with Gasteiger partial charge in [-0.15, -0.1) is 0 Å². The molecule has 2 aromatic heterocycles. The van der Waals surface area contributed by atoms with Crippen LogP contribution in [0.2, 0.25) is 0 Å². The molecule has 11 nitrogen and oxygen atoms in total. The number of carbonyl (C=O) groups excluding carboxylic acids is 2. The average Bonchev–Trinajstić information content (AvgIpc) is 3.56. The van der Waals surface area contributed by atoms with E-state index >= 15 is 0 Å². The number of nitrogens with zero attached hydrogens (tertiary/aromatic N) is 6. The molecule has 5 atom stereocenters. The van der Waals surface area contributed by atoms with E-state index in [9.17, 15) is 9.59 Å². The number of aromatic nitrogens is 3. The lowest BCUT2D eigenvalue weighted by atomic mass is 9.99. The highest BCUT2D eigenvalue weighted by atomic mass is 16.2. The summed E-state index contributed by atoms with van der Waals surface area (Å²) in [6.45, 7) is 9.08. The minimum absolute atomic E-state index is 0.00996. The third-order valence-corrected chi connectivity index (χ3v) is 7.76. The van der Waals surface area contributed by atoms with Crippen LogP contribution in [0.4, 0.5) is 5.82 Å². The number of rotatable bonds is 3. The molecule has 0 radical (unpaired) electrons. The third-order valence-electron chi connectivity index (χ3n) is 7.76. The highest BCUT2D eigenvalue weighted by molar-refractivity contribution is 5.84. The van der Waals surface area contributed by atoms with Crippen molar-refractivity contribution in [2.45, 2.75) is 77.4 Å². The number of hydrazine groups is 1. The highest BCUT2D eigenvalue weighted by Crippen LogP contribution is 2.32. The van der Waals surface area contributed by atoms with E-state index in [0.29, 0.717) is 18.9 Å². The first-order chi connectivity index (χ1) is 16.9. The Balaban J connectivity index is 1.24. The summed E-state index contributed by atoms with van der Waals surface area (Å²) >= 11 is 0. The predicted octanol–water partition coefficient (Wildman–Crippen LogP) is 0.865. The molecule has 4 aliphatic rings. The summed E-state index contributed by atoms with van der Waals surface area (Å²) in [4.78, 5) is 35.3. The summed E-state index contributed by atoms with van der Waals surface area (Å²) < 4.78 is 1.85. The zero-order chi connectivity index (χ0) is 24.3. The van der Waals surface area contributed by atoms with Gasteiger partial charge in [-0.3, -0.25) is 20.2 Å². The molecule has 6 rings (SSSR count). The van der Waals surface area contributed by atoms with Crippen LogP contribution in [0, 0.1) is 12.8 Å². The van der Waals surface area contributed by atoms with E-state index in [4.69, 9.17) is 10.1 Å². The zero-order valence-electron chi connectivity index (χ0n) is 20.7. The van der Waals surface area contributed by atoms with Gasteiger partial charge in [-0.05, 0) is 45.4 Å². The Hall–Kier alpha value is -2.76. The van der Waals surface area contributed by atoms with Gasteiger partial charge in [0.15, 0.2) is 18.1 Å². The number of piperidine rings is 1. The summed E-state index contributed by atoms with van der Waals surface area (Å²) in [5.41, 5.74) is 5.88. The second kappa shape index (κ2) is 8.72. The highest BCUT2D eigenvalue weighted by Gasteiger charge is 2.44. The van der Waals surface area contributed by atoms with Crippen molar-refractivity contribution in [1.82, 2.24) is 40.6 Å². The Morgan fingerprint density at radius 3 is 2.80 bits per heavy atom. The van der Waals surface area contributed by atoms with Crippen LogP contribution >= 0.6 is 0 Å². The Morgan fingerprint density at radius 2 is 2.00 bits per heavy atom. The first-order valence-electron chi connectivity index (χ1n) is 12.9. The molecule has 0 aromatic carbocycles. The van der Waals surface area contributed by atoms with Crippen LogP contribution in [0.5, 0.6) is 0 Å². The monoisotopic (exact) mass is 481 g/mol. The molecule has 0 saturated carbocycles. The fourth-order valence-electron chi connectivity index (χ4n) is 5.94. The average molecular weight is 482 g/mol. The molecule has 0 bridgehead atoms. The normalized spacial score (nSPS) is 31.5. The molecule has 11 heteroatoms. The van der Waals surface area contributed by atoms with Crippen molar-refractivity contribution in [2.75, 3.05) is 24.5 Å². The van der Waals surface area contributed by atoms with E-state index in [1.165, 1.54) is 11.4 Å². The molecule has 3 unspecified atom stereocenters. The van der Waals surface area contributed by atoms with Crippen LogP contribution in [0.1, 0.15) is 63.3 Å². The quantitative estimate of drug-likeness (QED) is 0.592. The molecule has 2 amide bonds. The number of carbonyl (C=O) groups is 2. The first kappa shape index (κ1) is 22.7. The molecule has 3 N–H and O–H groups in total. The van der Waals surface area contributed by atoms with Crippen molar-refractivity contribution in [2.24, 2.45) is 5.92 Å². The Morgan fingerprint density at radius 1 is 1.14 bits per heavy atom. The van der Waals surface area contributed by atoms with Gasteiger partial charge < -0.3 is 9.80 Å². The van der Waals surface area contributed by atoms with Crippen LogP contribution in [0.15, 0.2) is 12.3 Å². The Kier molecular flexibility index (Phi) is 5.65. The number of hydrogen-bond donors (Lipinski definition) is 3. The van der Waals surface area contributed by atoms with Crippen molar-refractivity contribution >= 4 is 23.3 Å². The topological polar surface area (TPSA) is 110 Å². The molecule has 0 spiro atoms. The number of aryl methyl sites for hydroxylation is 1. The fraction of sp³-hybridized carbons (Fsp3) is 0.667. The number of anilines is 1. The van der Waals surface area contributed by atoms with Gasteiger partial charge in [0.1, 0.15) is 5.82 Å². The van der Waals surface area contributed by atoms with Crippen molar-refractivity contribution in [1.29, 1.82) is 0 Å². The third kappa shape index (κ3) is 4.05. The second-order valence-corrected chi connectivity index (χ2v) is 10.7. The summed E-state index contributed by atoms with van der Waals surface area (Å²) in [5.74, 6) is 1.65. The Labute approximate surface area is 205 Å². The van der Waals surface area contributed by atoms with Gasteiger partial charge in [0, 0.05) is 49.9 Å². The smallest absolute Gasteiger partial charge is 0.256 e. The first-order valence-corrected chi connectivity index (χ1v) is 12.9. The minimum Gasteiger partial charge on any atom is -0.356 e. The molecule has 35 heavy (non-hydrogen) atoms. The van der Waals surface area contributed by atoms with Gasteiger partial charge >= 0.3 is 0 Å². The minimum atomic E-state index is -0.650. The number of nitrogens with one attached hydrogen (secondary N) is 3. The van der Waals surface area contributed by atoms with Gasteiger partial charge in [0.05, 0.1) is 11.7 Å². The molecule has 188 valence electrons. The van der Waals surface area contributed by atoms with Crippen LogP contribution in [0.3, 0.4) is 0 Å². The molecule has 2 aromatic rings. The molecular formula is C24H35N9O2. The zero-order valence-corrected chi connectivity index (χ0v) is 20.7. The maximum Gasteiger partial charge on any atom is 0.256 e. The predicted molar refractivity (Wildman–Crippen MR) is 130 cm³/mol. The SMILES string of the molecule is Cc1cn2nc([C@@H]3CCCCN3C(=O)C3NC4NC(C)CC(=O)N4N3)cc2nc1N1CC[C@H](C)C1. The number of likely N-dealkylation sites (tertiary alicyclic amines) is 1. The van der Waals surface area contributed by atoms with E-state index < -0.39 is 6.17 Å². The summed E-state index contributed by atoms with van der Waals surface area (Å²) in [6.07, 6.45) is 5.49. The standard InChI is InChI=1S/C24H35N9O2/c1-14-7-9-30(12-14)22-15(2)13-32-19(26-22)11-17(28-32)18-6-4-5-8-31(18)23(35)21-27-24-25-16(3)10-20(34)33(24)29-21/h11,13-14,16,18,21,24-25,27,29H,4-10,12H2,1-3H3/t14-,16?,18-,21?,24?/m0/s1. The van der Waals surface area contributed by atoms with Gasteiger partial charge in [-0.2, -0.15) is 5.10 Å². The van der Waals surface area contributed by atoms with E-state index in [2.05, 4.69) is 41.0 Å². The van der Waals surface area contributed by atoms with Crippen LogP contribution in [-0.2, 0) is 9.59 Å². The van der Waals surface area contributed by atoms with E-state index in [0.717, 1.165) is 55.1 Å². The van der Waals surface area contributed by atoms with E-state index in [1.54, 1.807) is 0 Å². The largest absolute Gasteiger partial charge is 0.356 e. The second-order valence-electron chi connectivity index (χ2n) is 10.7. The fourth-order valence-corrected chi connectivity index (χ4v) is 5.94. The number of fused-ring (bicyclic) bond motifs is 2. The van der Waals surface area contributed by atoms with Crippen molar-refractivity contribution in [3.8, 4) is 0 Å².